The second kappa shape index (κ2) is 7.67. The molecule has 2 atom stereocenters. The van der Waals surface area contributed by atoms with Gasteiger partial charge in [0.05, 0.1) is 0 Å². The number of nitrogens with two attached hydrogens (primary N) is 1. The quantitative estimate of drug-likeness (QED) is 0.857. The Morgan fingerprint density at radius 2 is 2.00 bits per heavy atom. The van der Waals surface area contributed by atoms with Crippen molar-refractivity contribution in [3.05, 3.63) is 64.9 Å². The highest BCUT2D eigenvalue weighted by atomic mass is 35.5. The summed E-state index contributed by atoms with van der Waals surface area (Å²) < 4.78 is 0. The maximum atomic E-state index is 6.27. The summed E-state index contributed by atoms with van der Waals surface area (Å²) in [6.07, 6.45) is 4.66. The van der Waals surface area contributed by atoms with E-state index in [1.807, 2.05) is 36.2 Å². The van der Waals surface area contributed by atoms with Gasteiger partial charge in [0.1, 0.15) is 0 Å². The van der Waals surface area contributed by atoms with Crippen molar-refractivity contribution in [2.45, 2.75) is 30.4 Å². The highest BCUT2D eigenvalue weighted by Gasteiger charge is 2.19. The highest BCUT2D eigenvalue weighted by Crippen LogP contribution is 2.34. The molecule has 0 amide bonds. The van der Waals surface area contributed by atoms with Gasteiger partial charge in [0.15, 0.2) is 0 Å². The van der Waals surface area contributed by atoms with E-state index in [-0.39, 0.29) is 11.3 Å². The molecule has 106 valence electrons. The molecule has 1 heterocycles. The molecule has 2 aromatic rings. The number of halogens is 1. The minimum atomic E-state index is 0.136. The summed E-state index contributed by atoms with van der Waals surface area (Å²) in [7, 11) is 0. The van der Waals surface area contributed by atoms with Crippen molar-refractivity contribution in [3.63, 3.8) is 0 Å². The van der Waals surface area contributed by atoms with Crippen LogP contribution in [-0.2, 0) is 5.75 Å². The second-order valence-electron chi connectivity index (χ2n) is 4.72. The Morgan fingerprint density at radius 1 is 1.25 bits per heavy atom. The molecule has 0 aliphatic carbocycles. The SMILES string of the molecule is CCC(N)C(SCc1ccc(Cl)cc1)c1cccnc1. The van der Waals surface area contributed by atoms with Crippen LogP contribution in [0.5, 0.6) is 0 Å². The van der Waals surface area contributed by atoms with E-state index in [0.29, 0.717) is 0 Å². The smallest absolute Gasteiger partial charge is 0.0466 e. The van der Waals surface area contributed by atoms with E-state index in [1.165, 1.54) is 11.1 Å². The summed E-state index contributed by atoms with van der Waals surface area (Å²) in [5.74, 6) is 0.921. The van der Waals surface area contributed by atoms with Crippen molar-refractivity contribution in [3.8, 4) is 0 Å². The lowest BCUT2D eigenvalue weighted by Crippen LogP contribution is -2.25. The van der Waals surface area contributed by atoms with Gasteiger partial charge >= 0.3 is 0 Å². The second-order valence-corrected chi connectivity index (χ2v) is 6.28. The summed E-state index contributed by atoms with van der Waals surface area (Å²) in [5.41, 5.74) is 8.72. The number of pyridine rings is 1. The average molecular weight is 307 g/mol. The number of rotatable bonds is 6. The van der Waals surface area contributed by atoms with Crippen LogP contribution >= 0.6 is 23.4 Å². The molecular weight excluding hydrogens is 288 g/mol. The zero-order valence-electron chi connectivity index (χ0n) is 11.5. The number of thioether (sulfide) groups is 1. The van der Waals surface area contributed by atoms with E-state index in [9.17, 15) is 0 Å². The van der Waals surface area contributed by atoms with Gasteiger partial charge in [-0.25, -0.2) is 0 Å². The molecule has 0 saturated heterocycles. The van der Waals surface area contributed by atoms with E-state index < -0.39 is 0 Å². The summed E-state index contributed by atoms with van der Waals surface area (Å²) in [6.45, 7) is 2.12. The van der Waals surface area contributed by atoms with Gasteiger partial charge in [-0.15, -0.1) is 11.8 Å². The zero-order valence-corrected chi connectivity index (χ0v) is 13.1. The fraction of sp³-hybridized carbons (Fsp3) is 0.312. The minimum absolute atomic E-state index is 0.136. The fourth-order valence-corrected chi connectivity index (χ4v) is 3.45. The molecule has 4 heteroatoms. The Labute approximate surface area is 129 Å². The number of nitrogens with zero attached hydrogens (tertiary/aromatic N) is 1. The Hall–Kier alpha value is -1.03. The van der Waals surface area contributed by atoms with Crippen LogP contribution < -0.4 is 5.73 Å². The van der Waals surface area contributed by atoms with Gasteiger partial charge in [-0.1, -0.05) is 36.7 Å². The van der Waals surface area contributed by atoms with Gasteiger partial charge in [-0.3, -0.25) is 4.98 Å². The van der Waals surface area contributed by atoms with Gasteiger partial charge in [0, 0.05) is 34.5 Å². The molecule has 1 aromatic carbocycles. The predicted molar refractivity (Wildman–Crippen MR) is 88.0 cm³/mol. The third kappa shape index (κ3) is 4.23. The lowest BCUT2D eigenvalue weighted by molar-refractivity contribution is 0.633. The van der Waals surface area contributed by atoms with E-state index in [0.717, 1.165) is 17.2 Å². The maximum Gasteiger partial charge on any atom is 0.0466 e. The number of benzene rings is 1. The van der Waals surface area contributed by atoms with Crippen LogP contribution in [0.25, 0.3) is 0 Å². The highest BCUT2D eigenvalue weighted by molar-refractivity contribution is 7.98. The van der Waals surface area contributed by atoms with Crippen molar-refractivity contribution in [1.29, 1.82) is 0 Å². The molecule has 0 aliphatic heterocycles. The van der Waals surface area contributed by atoms with E-state index in [2.05, 4.69) is 30.1 Å². The summed E-state index contributed by atoms with van der Waals surface area (Å²) in [5, 5.41) is 1.04. The molecule has 0 aliphatic rings. The molecule has 2 N–H and O–H groups in total. The Balaban J connectivity index is 2.07. The van der Waals surface area contributed by atoms with Crippen molar-refractivity contribution in [1.82, 2.24) is 4.98 Å². The normalized spacial score (nSPS) is 13.9. The fourth-order valence-electron chi connectivity index (χ4n) is 1.99. The number of aromatic nitrogens is 1. The predicted octanol–water partition coefficient (Wildman–Crippen LogP) is 4.45. The molecule has 0 radical (unpaired) electrons. The molecule has 1 aromatic heterocycles. The van der Waals surface area contributed by atoms with E-state index >= 15 is 0 Å². The van der Waals surface area contributed by atoms with E-state index in [4.69, 9.17) is 17.3 Å². The molecule has 2 unspecified atom stereocenters. The third-order valence-electron chi connectivity index (χ3n) is 3.22. The van der Waals surface area contributed by atoms with Crippen LogP contribution in [-0.4, -0.2) is 11.0 Å². The lowest BCUT2D eigenvalue weighted by Gasteiger charge is -2.22. The van der Waals surface area contributed by atoms with E-state index in [1.54, 1.807) is 6.20 Å². The third-order valence-corrected chi connectivity index (χ3v) is 4.95. The lowest BCUT2D eigenvalue weighted by atomic mass is 10.1. The Morgan fingerprint density at radius 3 is 2.60 bits per heavy atom. The first-order valence-corrected chi connectivity index (χ1v) is 8.15. The number of hydrogen-bond acceptors (Lipinski definition) is 3. The van der Waals surface area contributed by atoms with Gasteiger partial charge < -0.3 is 5.73 Å². The molecule has 0 saturated carbocycles. The van der Waals surface area contributed by atoms with Crippen LogP contribution in [0.1, 0.15) is 29.7 Å². The standard InChI is InChI=1S/C16H19ClN2S/c1-2-15(18)16(13-4-3-9-19-10-13)20-11-12-5-7-14(17)8-6-12/h3-10,15-16H,2,11,18H2,1H3. The van der Waals surface area contributed by atoms with Gasteiger partial charge in [-0.2, -0.15) is 0 Å². The van der Waals surface area contributed by atoms with Crippen molar-refractivity contribution in [2.24, 2.45) is 5.73 Å². The van der Waals surface area contributed by atoms with Crippen LogP contribution in [0.15, 0.2) is 48.8 Å². The molecule has 0 bridgehead atoms. The molecular formula is C16H19ClN2S. The van der Waals surface area contributed by atoms with Crippen LogP contribution in [0.3, 0.4) is 0 Å². The number of hydrogen-bond donors (Lipinski definition) is 1. The van der Waals surface area contributed by atoms with Gasteiger partial charge in [0.2, 0.25) is 0 Å². The van der Waals surface area contributed by atoms with Crippen molar-refractivity contribution in [2.75, 3.05) is 0 Å². The van der Waals surface area contributed by atoms with Crippen LogP contribution in [0, 0.1) is 0 Å². The molecule has 2 rings (SSSR count). The van der Waals surface area contributed by atoms with Crippen LogP contribution in [0.4, 0.5) is 0 Å². The van der Waals surface area contributed by atoms with Gasteiger partial charge in [0.25, 0.3) is 0 Å². The van der Waals surface area contributed by atoms with Crippen molar-refractivity contribution < 1.29 is 0 Å². The summed E-state index contributed by atoms with van der Waals surface area (Å²) in [4.78, 5) is 4.20. The maximum absolute atomic E-state index is 6.27. The summed E-state index contributed by atoms with van der Waals surface area (Å²) in [6, 6.07) is 12.2. The Bertz CT molecular complexity index is 516. The molecule has 0 fully saturated rings. The largest absolute Gasteiger partial charge is 0.326 e. The summed E-state index contributed by atoms with van der Waals surface area (Å²) >= 11 is 7.77. The zero-order chi connectivity index (χ0) is 14.4. The average Bonchev–Trinajstić information content (AvgIpc) is 2.50. The first-order valence-electron chi connectivity index (χ1n) is 6.72. The molecule has 0 spiro atoms. The first-order chi connectivity index (χ1) is 9.70. The minimum Gasteiger partial charge on any atom is -0.326 e. The van der Waals surface area contributed by atoms with Gasteiger partial charge in [-0.05, 0) is 35.7 Å². The topological polar surface area (TPSA) is 38.9 Å². The molecule has 20 heavy (non-hydrogen) atoms. The van der Waals surface area contributed by atoms with Crippen molar-refractivity contribution >= 4 is 23.4 Å². The first kappa shape index (κ1) is 15.4. The monoisotopic (exact) mass is 306 g/mol. The molecule has 2 nitrogen and oxygen atoms in total. The van der Waals surface area contributed by atoms with Crippen LogP contribution in [0.2, 0.25) is 5.02 Å². The Kier molecular flexibility index (Phi) is 5.89.